The van der Waals surface area contributed by atoms with E-state index in [2.05, 4.69) is 10.3 Å². The molecule has 2 aromatic heterocycles. The van der Waals surface area contributed by atoms with Gasteiger partial charge in [-0.1, -0.05) is 18.2 Å². The minimum absolute atomic E-state index is 0.0121. The maximum absolute atomic E-state index is 14.7. The number of aryl methyl sites for hydroxylation is 1. The second kappa shape index (κ2) is 9.95. The number of primary sulfonamides is 1. The summed E-state index contributed by atoms with van der Waals surface area (Å²) in [5, 5.41) is 8.73. The largest absolute Gasteiger partial charge is 0.359 e. The number of fused-ring (bicyclic) bond motifs is 1. The molecule has 0 spiro atoms. The van der Waals surface area contributed by atoms with Crippen molar-refractivity contribution >= 4 is 25.7 Å². The Hall–Kier alpha value is -3.58. The summed E-state index contributed by atoms with van der Waals surface area (Å²) >= 11 is 0. The number of nitrogens with one attached hydrogen (secondary N) is 1. The molecule has 0 aliphatic carbocycles. The third-order valence-corrected chi connectivity index (χ3v) is 9.21. The number of sulfonamides is 1. The lowest BCUT2D eigenvalue weighted by atomic mass is 10.00. The van der Waals surface area contributed by atoms with Crippen LogP contribution in [-0.4, -0.2) is 39.0 Å². The van der Waals surface area contributed by atoms with Crippen LogP contribution in [0.2, 0.25) is 0 Å². The van der Waals surface area contributed by atoms with Crippen LogP contribution in [0.4, 0.5) is 10.1 Å². The highest BCUT2D eigenvalue weighted by Gasteiger charge is 2.26. The first-order chi connectivity index (χ1) is 18.1. The Kier molecular flexibility index (Phi) is 6.82. The smallest absolute Gasteiger partial charge is 0.269 e. The molecule has 4 aromatic rings. The minimum Gasteiger partial charge on any atom is -0.359 e. The minimum atomic E-state index is -4.05. The molecule has 3 heterocycles. The highest BCUT2D eigenvalue weighted by atomic mass is 32.2. The van der Waals surface area contributed by atoms with Gasteiger partial charge < -0.3 is 4.90 Å². The van der Waals surface area contributed by atoms with Crippen LogP contribution < -0.4 is 15.4 Å². The van der Waals surface area contributed by atoms with Crippen LogP contribution in [0, 0.1) is 5.82 Å². The monoisotopic (exact) mass is 555 g/mol. The molecule has 0 fully saturated rings. The van der Waals surface area contributed by atoms with E-state index in [0.29, 0.717) is 5.56 Å². The van der Waals surface area contributed by atoms with E-state index in [1.165, 1.54) is 48.9 Å². The predicted octanol–water partition coefficient (Wildman–Crippen LogP) is 3.07. The summed E-state index contributed by atoms with van der Waals surface area (Å²) in [6.45, 7) is 0.288. The first-order valence-corrected chi connectivity index (χ1v) is 14.8. The molecule has 2 aromatic carbocycles. The molecule has 198 valence electrons. The summed E-state index contributed by atoms with van der Waals surface area (Å²) in [4.78, 5) is 5.88. The first-order valence-electron chi connectivity index (χ1n) is 11.8. The molecular weight excluding hydrogens is 529 g/mol. The number of nitrogens with two attached hydrogens (primary N) is 1. The SMILES string of the molecule is CN1c2cc(S(N)(=O)=O)ccc2CCC1NCc1cc(-c2ccccc2F)n(S(=O)(=O)c2cccnc2)c1. The highest BCUT2D eigenvalue weighted by molar-refractivity contribution is 7.90. The molecule has 1 aliphatic heterocycles. The van der Waals surface area contributed by atoms with Gasteiger partial charge in [0.05, 0.1) is 16.8 Å². The lowest BCUT2D eigenvalue weighted by molar-refractivity contribution is 0.457. The van der Waals surface area contributed by atoms with E-state index in [1.807, 2.05) is 11.9 Å². The summed E-state index contributed by atoms with van der Waals surface area (Å²) in [7, 11) is -6.04. The molecule has 0 bridgehead atoms. The van der Waals surface area contributed by atoms with Crippen molar-refractivity contribution in [3.8, 4) is 11.3 Å². The van der Waals surface area contributed by atoms with Crippen molar-refractivity contribution in [3.05, 3.63) is 96.2 Å². The number of hydrogen-bond acceptors (Lipinski definition) is 7. The standard InChI is InChI=1S/C26H26FN5O4S2/c1-31-24-14-20(37(28,33)34)10-8-19(24)9-11-26(31)30-15-18-13-25(22-6-2-3-7-23(22)27)32(17-18)38(35,36)21-5-4-12-29-16-21/h2-8,10,12-14,16-17,26,30H,9,11,15H2,1H3,(H2,28,33,34). The van der Waals surface area contributed by atoms with Crippen molar-refractivity contribution in [2.45, 2.75) is 35.3 Å². The fraction of sp³-hybridized carbons (Fsp3) is 0.192. The number of aromatic nitrogens is 2. The predicted molar refractivity (Wildman–Crippen MR) is 142 cm³/mol. The summed E-state index contributed by atoms with van der Waals surface area (Å²) in [5.41, 5.74) is 2.75. The van der Waals surface area contributed by atoms with Crippen LogP contribution in [-0.2, 0) is 33.0 Å². The zero-order valence-corrected chi connectivity index (χ0v) is 22.1. The van der Waals surface area contributed by atoms with Crippen LogP contribution in [0.5, 0.6) is 0 Å². The van der Waals surface area contributed by atoms with E-state index < -0.39 is 25.9 Å². The van der Waals surface area contributed by atoms with Crippen LogP contribution in [0.25, 0.3) is 11.3 Å². The zero-order valence-electron chi connectivity index (χ0n) is 20.5. The molecule has 3 N–H and O–H groups in total. The average molecular weight is 556 g/mol. The van der Waals surface area contributed by atoms with Gasteiger partial charge in [-0.25, -0.2) is 30.3 Å². The van der Waals surface area contributed by atoms with Crippen LogP contribution >= 0.6 is 0 Å². The second-order valence-corrected chi connectivity index (χ2v) is 12.5. The van der Waals surface area contributed by atoms with E-state index in [4.69, 9.17) is 5.14 Å². The van der Waals surface area contributed by atoms with Crippen molar-refractivity contribution < 1.29 is 21.2 Å². The molecule has 0 radical (unpaired) electrons. The molecule has 0 amide bonds. The Morgan fingerprint density at radius 2 is 1.84 bits per heavy atom. The molecule has 0 saturated heterocycles. The Morgan fingerprint density at radius 3 is 2.55 bits per heavy atom. The first kappa shape index (κ1) is 26.0. The average Bonchev–Trinajstić information content (AvgIpc) is 3.33. The molecule has 0 saturated carbocycles. The van der Waals surface area contributed by atoms with Crippen LogP contribution in [0.15, 0.2) is 89.0 Å². The van der Waals surface area contributed by atoms with Crippen molar-refractivity contribution in [1.82, 2.24) is 14.3 Å². The van der Waals surface area contributed by atoms with Crippen molar-refractivity contribution in [3.63, 3.8) is 0 Å². The summed E-state index contributed by atoms with van der Waals surface area (Å²) in [6.07, 6.45) is 5.52. The Bertz CT molecular complexity index is 1710. The fourth-order valence-electron chi connectivity index (χ4n) is 4.66. The molecule has 1 atom stereocenters. The zero-order chi connectivity index (χ0) is 27.1. The van der Waals surface area contributed by atoms with Gasteiger partial charge in [-0.15, -0.1) is 0 Å². The number of halogens is 1. The van der Waals surface area contributed by atoms with Gasteiger partial charge in [0.1, 0.15) is 10.7 Å². The van der Waals surface area contributed by atoms with Gasteiger partial charge in [0.15, 0.2) is 0 Å². The molecule has 1 unspecified atom stereocenters. The quantitative estimate of drug-likeness (QED) is 0.359. The van der Waals surface area contributed by atoms with Crippen molar-refractivity contribution in [2.24, 2.45) is 5.14 Å². The third-order valence-electron chi connectivity index (χ3n) is 6.65. The van der Waals surface area contributed by atoms with Gasteiger partial charge >= 0.3 is 0 Å². The molecular formula is C26H26FN5O4S2. The van der Waals surface area contributed by atoms with Gasteiger partial charge in [0.25, 0.3) is 10.0 Å². The summed E-state index contributed by atoms with van der Waals surface area (Å²) in [6, 6.07) is 15.5. The summed E-state index contributed by atoms with van der Waals surface area (Å²) in [5.74, 6) is -0.540. The Balaban J connectivity index is 1.46. The fourth-order valence-corrected chi connectivity index (χ4v) is 6.55. The number of benzene rings is 2. The van der Waals surface area contributed by atoms with Gasteiger partial charge in [-0.2, -0.15) is 0 Å². The number of nitrogens with zero attached hydrogens (tertiary/aromatic N) is 3. The molecule has 12 heteroatoms. The Labute approximate surface area is 220 Å². The molecule has 9 nitrogen and oxygen atoms in total. The Morgan fingerprint density at radius 1 is 1.05 bits per heavy atom. The number of hydrogen-bond donors (Lipinski definition) is 2. The topological polar surface area (TPSA) is 127 Å². The van der Waals surface area contributed by atoms with Gasteiger partial charge in [-0.05, 0) is 66.4 Å². The van der Waals surface area contributed by atoms with Gasteiger partial charge in [0, 0.05) is 43.4 Å². The lowest BCUT2D eigenvalue weighted by Crippen LogP contribution is -2.46. The third kappa shape index (κ3) is 4.95. The van der Waals surface area contributed by atoms with E-state index in [0.717, 1.165) is 28.1 Å². The van der Waals surface area contributed by atoms with E-state index in [9.17, 15) is 21.2 Å². The molecule has 38 heavy (non-hydrogen) atoms. The van der Waals surface area contributed by atoms with Crippen LogP contribution in [0.1, 0.15) is 17.5 Å². The van der Waals surface area contributed by atoms with Crippen LogP contribution in [0.3, 0.4) is 0 Å². The maximum atomic E-state index is 14.7. The van der Waals surface area contributed by atoms with Crippen molar-refractivity contribution in [2.75, 3.05) is 11.9 Å². The molecule has 1 aliphatic rings. The van der Waals surface area contributed by atoms with E-state index in [-0.39, 0.29) is 33.8 Å². The second-order valence-electron chi connectivity index (χ2n) is 9.08. The van der Waals surface area contributed by atoms with Gasteiger partial charge in [0.2, 0.25) is 10.0 Å². The highest BCUT2D eigenvalue weighted by Crippen LogP contribution is 2.32. The lowest BCUT2D eigenvalue weighted by Gasteiger charge is -2.36. The van der Waals surface area contributed by atoms with E-state index >= 15 is 0 Å². The maximum Gasteiger partial charge on any atom is 0.269 e. The van der Waals surface area contributed by atoms with E-state index in [1.54, 1.807) is 30.3 Å². The number of pyridine rings is 1. The van der Waals surface area contributed by atoms with Crippen molar-refractivity contribution in [1.29, 1.82) is 0 Å². The van der Waals surface area contributed by atoms with Gasteiger partial charge in [-0.3, -0.25) is 10.3 Å². The number of rotatable bonds is 7. The molecule has 5 rings (SSSR count). The summed E-state index contributed by atoms with van der Waals surface area (Å²) < 4.78 is 66.4. The normalized spacial score (nSPS) is 15.9. The number of anilines is 1.